The molecule has 2 aromatic carbocycles. The van der Waals surface area contributed by atoms with Crippen molar-refractivity contribution in [2.75, 3.05) is 7.11 Å². The van der Waals surface area contributed by atoms with Gasteiger partial charge >= 0.3 is 0 Å². The van der Waals surface area contributed by atoms with E-state index < -0.39 is 6.04 Å². The molecule has 1 aliphatic carbocycles. The van der Waals surface area contributed by atoms with Gasteiger partial charge in [-0.2, -0.15) is 0 Å². The largest absolute Gasteiger partial charge is 0.497 e. The number of halogens is 1. The normalized spacial score (nSPS) is 15.2. The topological polar surface area (TPSA) is 58.6 Å². The average Bonchev–Trinajstić information content (AvgIpc) is 2.79. The molecule has 1 N–H and O–H groups in total. The van der Waals surface area contributed by atoms with Crippen LogP contribution in [0.5, 0.6) is 5.75 Å². The van der Waals surface area contributed by atoms with Crippen molar-refractivity contribution in [1.82, 2.24) is 10.2 Å². The Hall–Kier alpha value is -2.53. The van der Waals surface area contributed by atoms with Gasteiger partial charge in [0.1, 0.15) is 11.8 Å². The molecule has 0 saturated heterocycles. The highest BCUT2D eigenvalue weighted by Gasteiger charge is 2.28. The number of benzene rings is 2. The minimum Gasteiger partial charge on any atom is -0.497 e. The van der Waals surface area contributed by atoms with Crippen molar-refractivity contribution in [3.63, 3.8) is 0 Å². The van der Waals surface area contributed by atoms with Gasteiger partial charge < -0.3 is 15.0 Å². The number of ether oxygens (including phenoxy) is 1. The highest BCUT2D eigenvalue weighted by atomic mass is 35.5. The maximum atomic E-state index is 13.3. The molecule has 2 amide bonds. The lowest BCUT2D eigenvalue weighted by atomic mass is 9.95. The number of nitrogens with one attached hydrogen (secondary N) is 1. The van der Waals surface area contributed by atoms with Gasteiger partial charge in [-0.25, -0.2) is 0 Å². The van der Waals surface area contributed by atoms with Gasteiger partial charge in [0.2, 0.25) is 11.8 Å². The summed E-state index contributed by atoms with van der Waals surface area (Å²) in [6, 6.07) is 14.5. The van der Waals surface area contributed by atoms with E-state index >= 15 is 0 Å². The number of methoxy groups -OCH3 is 1. The van der Waals surface area contributed by atoms with E-state index in [1.807, 2.05) is 36.4 Å². The first-order valence-electron chi connectivity index (χ1n) is 10.9. The molecule has 1 unspecified atom stereocenters. The number of nitrogens with zero attached hydrogens (tertiary/aromatic N) is 1. The van der Waals surface area contributed by atoms with Crippen molar-refractivity contribution in [2.24, 2.45) is 0 Å². The summed E-state index contributed by atoms with van der Waals surface area (Å²) in [5.41, 5.74) is 1.82. The SMILES string of the molecule is COc1ccc(CN(C(=O)Cc2ccc(Cl)cc2)C(C)C(=O)NC2CCCCC2)cc1. The second-order valence-electron chi connectivity index (χ2n) is 8.19. The van der Waals surface area contributed by atoms with Gasteiger partial charge in [-0.1, -0.05) is 55.1 Å². The summed E-state index contributed by atoms with van der Waals surface area (Å²) >= 11 is 5.97. The molecule has 31 heavy (non-hydrogen) atoms. The summed E-state index contributed by atoms with van der Waals surface area (Å²) in [7, 11) is 1.62. The minimum absolute atomic E-state index is 0.0927. The molecule has 6 heteroatoms. The first-order valence-corrected chi connectivity index (χ1v) is 11.3. The van der Waals surface area contributed by atoms with Crippen molar-refractivity contribution in [3.05, 3.63) is 64.7 Å². The zero-order valence-electron chi connectivity index (χ0n) is 18.3. The molecule has 0 spiro atoms. The molecule has 0 aliphatic heterocycles. The first kappa shape index (κ1) is 23.1. The molecule has 0 radical (unpaired) electrons. The quantitative estimate of drug-likeness (QED) is 0.641. The molecule has 166 valence electrons. The average molecular weight is 443 g/mol. The second-order valence-corrected chi connectivity index (χ2v) is 8.63. The first-order chi connectivity index (χ1) is 15.0. The van der Waals surface area contributed by atoms with Gasteiger partial charge in [0, 0.05) is 17.6 Å². The lowest BCUT2D eigenvalue weighted by molar-refractivity contribution is -0.140. The van der Waals surface area contributed by atoms with Crippen LogP contribution in [0.1, 0.15) is 50.2 Å². The van der Waals surface area contributed by atoms with Crippen LogP contribution in [0.2, 0.25) is 5.02 Å². The zero-order valence-corrected chi connectivity index (χ0v) is 19.0. The van der Waals surface area contributed by atoms with Gasteiger partial charge in [0.15, 0.2) is 0 Å². The Morgan fingerprint density at radius 2 is 1.65 bits per heavy atom. The van der Waals surface area contributed by atoms with Crippen molar-refractivity contribution < 1.29 is 14.3 Å². The molecule has 3 rings (SSSR count). The molecular formula is C25H31ClN2O3. The van der Waals surface area contributed by atoms with Crippen LogP contribution in [-0.4, -0.2) is 35.9 Å². The van der Waals surface area contributed by atoms with E-state index in [9.17, 15) is 9.59 Å². The van der Waals surface area contributed by atoms with Gasteiger partial charge in [0.05, 0.1) is 13.5 Å². The van der Waals surface area contributed by atoms with E-state index in [2.05, 4.69) is 5.32 Å². The lowest BCUT2D eigenvalue weighted by Gasteiger charge is -2.31. The van der Waals surface area contributed by atoms with Crippen molar-refractivity contribution in [1.29, 1.82) is 0 Å². The second kappa shape index (κ2) is 11.2. The fourth-order valence-corrected chi connectivity index (χ4v) is 4.08. The molecule has 1 saturated carbocycles. The van der Waals surface area contributed by atoms with E-state index in [4.69, 9.17) is 16.3 Å². The van der Waals surface area contributed by atoms with E-state index in [1.54, 1.807) is 31.1 Å². The van der Waals surface area contributed by atoms with Gasteiger partial charge in [-0.3, -0.25) is 9.59 Å². The highest BCUT2D eigenvalue weighted by Crippen LogP contribution is 2.20. The van der Waals surface area contributed by atoms with E-state index in [0.717, 1.165) is 42.6 Å². The predicted octanol–water partition coefficient (Wildman–Crippen LogP) is 4.76. The monoisotopic (exact) mass is 442 g/mol. The Kier molecular flexibility index (Phi) is 8.35. The number of amides is 2. The van der Waals surface area contributed by atoms with Crippen LogP contribution in [0.4, 0.5) is 0 Å². The molecule has 0 bridgehead atoms. The molecule has 0 heterocycles. The van der Waals surface area contributed by atoms with Crippen LogP contribution < -0.4 is 10.1 Å². The van der Waals surface area contributed by atoms with E-state index in [0.29, 0.717) is 11.6 Å². The van der Waals surface area contributed by atoms with Gasteiger partial charge in [0.25, 0.3) is 0 Å². The molecule has 1 atom stereocenters. The van der Waals surface area contributed by atoms with Crippen LogP contribution >= 0.6 is 11.6 Å². The van der Waals surface area contributed by atoms with Crippen LogP contribution in [0.3, 0.4) is 0 Å². The third-order valence-corrected chi connectivity index (χ3v) is 6.15. The maximum Gasteiger partial charge on any atom is 0.242 e. The third kappa shape index (κ3) is 6.73. The maximum absolute atomic E-state index is 13.3. The smallest absolute Gasteiger partial charge is 0.242 e. The fraction of sp³-hybridized carbons (Fsp3) is 0.440. The molecule has 1 fully saturated rings. The lowest BCUT2D eigenvalue weighted by Crippen LogP contribution is -2.50. The summed E-state index contributed by atoms with van der Waals surface area (Å²) in [5, 5.41) is 3.79. The summed E-state index contributed by atoms with van der Waals surface area (Å²) in [5.74, 6) is 0.570. The van der Waals surface area contributed by atoms with Gasteiger partial charge in [-0.05, 0) is 55.2 Å². The summed E-state index contributed by atoms with van der Waals surface area (Å²) in [6.45, 7) is 2.16. The Morgan fingerprint density at radius 1 is 1.03 bits per heavy atom. The number of hydrogen-bond donors (Lipinski definition) is 1. The van der Waals surface area contributed by atoms with Crippen molar-refractivity contribution >= 4 is 23.4 Å². The Labute approximate surface area is 189 Å². The number of carbonyl (C=O) groups is 2. The van der Waals surface area contributed by atoms with E-state index in [1.165, 1.54) is 6.42 Å². The number of rotatable bonds is 8. The molecule has 5 nitrogen and oxygen atoms in total. The number of hydrogen-bond acceptors (Lipinski definition) is 3. The predicted molar refractivity (Wildman–Crippen MR) is 123 cm³/mol. The molecule has 0 aromatic heterocycles. The third-order valence-electron chi connectivity index (χ3n) is 5.90. The minimum atomic E-state index is -0.566. The highest BCUT2D eigenvalue weighted by molar-refractivity contribution is 6.30. The van der Waals surface area contributed by atoms with Crippen molar-refractivity contribution in [2.45, 2.75) is 64.1 Å². The van der Waals surface area contributed by atoms with Crippen LogP contribution in [-0.2, 0) is 22.6 Å². The summed E-state index contributed by atoms with van der Waals surface area (Å²) in [6.07, 6.45) is 5.75. The van der Waals surface area contributed by atoms with Crippen molar-refractivity contribution in [3.8, 4) is 5.75 Å². The standard InChI is InChI=1S/C25H31ClN2O3/c1-18(25(30)27-22-6-4-3-5-7-22)28(17-20-10-14-23(31-2)15-11-20)24(29)16-19-8-12-21(26)13-9-19/h8-15,18,22H,3-7,16-17H2,1-2H3,(H,27,30). The fourth-order valence-electron chi connectivity index (χ4n) is 3.96. The van der Waals surface area contributed by atoms with Crippen LogP contribution in [0.15, 0.2) is 48.5 Å². The summed E-state index contributed by atoms with van der Waals surface area (Å²) in [4.78, 5) is 27.9. The van der Waals surface area contributed by atoms with Crippen LogP contribution in [0, 0.1) is 0 Å². The zero-order chi connectivity index (χ0) is 22.2. The van der Waals surface area contributed by atoms with E-state index in [-0.39, 0.29) is 24.3 Å². The Balaban J connectivity index is 1.74. The Bertz CT molecular complexity index is 861. The molecule has 2 aromatic rings. The van der Waals surface area contributed by atoms with Crippen LogP contribution in [0.25, 0.3) is 0 Å². The molecule has 1 aliphatic rings. The molecular weight excluding hydrogens is 412 g/mol. The summed E-state index contributed by atoms with van der Waals surface area (Å²) < 4.78 is 5.23. The Morgan fingerprint density at radius 3 is 2.26 bits per heavy atom. The number of carbonyl (C=O) groups excluding carboxylic acids is 2. The van der Waals surface area contributed by atoms with Gasteiger partial charge in [-0.15, -0.1) is 0 Å².